The van der Waals surface area contributed by atoms with Crippen LogP contribution in [-0.2, 0) is 0 Å². The molecule has 136 valence electrons. The molecule has 6 nitrogen and oxygen atoms in total. The number of hydrogen-bond donors (Lipinski definition) is 0. The molecule has 0 bridgehead atoms. The Balaban J connectivity index is 1.51. The van der Waals surface area contributed by atoms with Crippen LogP contribution in [0.5, 0.6) is 0 Å². The fraction of sp³-hybridized carbons (Fsp3) is 0.263. The highest BCUT2D eigenvalue weighted by atomic mass is 32.2. The van der Waals surface area contributed by atoms with Crippen molar-refractivity contribution in [1.29, 1.82) is 0 Å². The number of hydrogen-bond acceptors (Lipinski definition) is 7. The third-order valence-corrected chi connectivity index (χ3v) is 6.42. The van der Waals surface area contributed by atoms with Crippen LogP contribution in [0.15, 0.2) is 56.3 Å². The van der Waals surface area contributed by atoms with Crippen molar-refractivity contribution in [2.75, 3.05) is 0 Å². The van der Waals surface area contributed by atoms with Crippen molar-refractivity contribution in [3.05, 3.63) is 58.0 Å². The minimum Gasteiger partial charge on any atom is -0.338 e. The maximum atomic E-state index is 13.0. The van der Waals surface area contributed by atoms with Crippen molar-refractivity contribution in [3.8, 4) is 10.7 Å². The quantitative estimate of drug-likeness (QED) is 0.360. The number of thiophene rings is 1. The number of fused-ring (bicyclic) bond motifs is 1. The van der Waals surface area contributed by atoms with Crippen LogP contribution in [0.3, 0.4) is 0 Å². The van der Waals surface area contributed by atoms with E-state index >= 15 is 0 Å². The molecule has 0 aliphatic heterocycles. The van der Waals surface area contributed by atoms with Gasteiger partial charge >= 0.3 is 0 Å². The molecule has 0 saturated heterocycles. The summed E-state index contributed by atoms with van der Waals surface area (Å²) >= 11 is 3.06. The van der Waals surface area contributed by atoms with Crippen molar-refractivity contribution in [1.82, 2.24) is 19.7 Å². The zero-order valence-electron chi connectivity index (χ0n) is 14.5. The van der Waals surface area contributed by atoms with Gasteiger partial charge in [-0.2, -0.15) is 4.98 Å². The third kappa shape index (κ3) is 3.08. The molecule has 1 fully saturated rings. The average molecular weight is 396 g/mol. The number of aromatic nitrogens is 4. The Morgan fingerprint density at radius 2 is 2.07 bits per heavy atom. The van der Waals surface area contributed by atoms with Crippen LogP contribution in [0.2, 0.25) is 0 Å². The van der Waals surface area contributed by atoms with Gasteiger partial charge in [0.15, 0.2) is 5.16 Å². The molecule has 5 rings (SSSR count). The second kappa shape index (κ2) is 6.61. The van der Waals surface area contributed by atoms with E-state index in [1.165, 1.54) is 11.8 Å². The fourth-order valence-corrected chi connectivity index (χ4v) is 4.64. The smallest absolute Gasteiger partial charge is 0.262 e. The first-order valence-corrected chi connectivity index (χ1v) is 10.5. The maximum absolute atomic E-state index is 13.0. The van der Waals surface area contributed by atoms with Crippen molar-refractivity contribution in [3.63, 3.8) is 0 Å². The highest BCUT2D eigenvalue weighted by Gasteiger charge is 2.30. The van der Waals surface area contributed by atoms with E-state index in [1.54, 1.807) is 11.3 Å². The summed E-state index contributed by atoms with van der Waals surface area (Å²) in [5, 5.41) is 7.34. The van der Waals surface area contributed by atoms with E-state index in [-0.39, 0.29) is 16.9 Å². The Kier molecular flexibility index (Phi) is 4.09. The zero-order chi connectivity index (χ0) is 18.4. The van der Waals surface area contributed by atoms with Gasteiger partial charge in [0.2, 0.25) is 11.7 Å². The van der Waals surface area contributed by atoms with Crippen LogP contribution in [0.25, 0.3) is 21.6 Å². The minimum absolute atomic E-state index is 0.0302. The third-order valence-electron chi connectivity index (χ3n) is 4.50. The molecule has 1 atom stereocenters. The van der Waals surface area contributed by atoms with Crippen LogP contribution in [0.4, 0.5) is 0 Å². The molecule has 0 radical (unpaired) electrons. The molecule has 8 heteroatoms. The van der Waals surface area contributed by atoms with E-state index in [2.05, 4.69) is 10.1 Å². The lowest BCUT2D eigenvalue weighted by Crippen LogP contribution is -2.22. The Labute approximate surface area is 163 Å². The molecule has 3 aromatic heterocycles. The summed E-state index contributed by atoms with van der Waals surface area (Å²) in [5.74, 6) is 1.13. The van der Waals surface area contributed by atoms with E-state index in [0.717, 1.165) is 23.2 Å². The summed E-state index contributed by atoms with van der Waals surface area (Å²) in [6, 6.07) is 11.7. The molecule has 4 aromatic rings. The fourth-order valence-electron chi connectivity index (χ4n) is 2.98. The molecule has 3 heterocycles. The summed E-state index contributed by atoms with van der Waals surface area (Å²) in [4.78, 5) is 23.2. The van der Waals surface area contributed by atoms with Gasteiger partial charge in [0.05, 0.1) is 21.0 Å². The number of benzene rings is 1. The van der Waals surface area contributed by atoms with Gasteiger partial charge in [-0.25, -0.2) is 4.98 Å². The zero-order valence-corrected chi connectivity index (χ0v) is 16.2. The standard InChI is InChI=1S/C19H16N4O2S2/c1-11(17-21-16(22-25-17)15-7-4-10-26-15)27-19-20-14-6-3-2-5-13(14)18(24)23(19)12-8-9-12/h2-7,10-12H,8-9H2,1H3. The van der Waals surface area contributed by atoms with E-state index in [1.807, 2.05) is 53.3 Å². The van der Waals surface area contributed by atoms with Crippen molar-refractivity contribution in [2.45, 2.75) is 36.2 Å². The van der Waals surface area contributed by atoms with Crippen LogP contribution in [0.1, 0.15) is 36.9 Å². The lowest BCUT2D eigenvalue weighted by molar-refractivity contribution is 0.380. The van der Waals surface area contributed by atoms with Crippen LogP contribution < -0.4 is 5.56 Å². The molecule has 0 spiro atoms. The first kappa shape index (κ1) is 16.7. The molecule has 0 amide bonds. The molecule has 1 aromatic carbocycles. The summed E-state index contributed by atoms with van der Waals surface area (Å²) < 4.78 is 7.30. The molecular weight excluding hydrogens is 380 g/mol. The topological polar surface area (TPSA) is 73.8 Å². The predicted molar refractivity (Wildman–Crippen MR) is 106 cm³/mol. The second-order valence-corrected chi connectivity index (χ2v) is 8.77. The predicted octanol–water partition coefficient (Wildman–Crippen LogP) is 4.70. The molecule has 1 aliphatic carbocycles. The monoisotopic (exact) mass is 396 g/mol. The highest BCUT2D eigenvalue weighted by molar-refractivity contribution is 7.99. The minimum atomic E-state index is -0.107. The number of thioether (sulfide) groups is 1. The van der Waals surface area contributed by atoms with Gasteiger partial charge in [0, 0.05) is 6.04 Å². The average Bonchev–Trinajstić information content (AvgIpc) is 3.16. The van der Waals surface area contributed by atoms with Gasteiger partial charge in [0.1, 0.15) is 0 Å². The Morgan fingerprint density at radius 1 is 1.22 bits per heavy atom. The van der Waals surface area contributed by atoms with Crippen molar-refractivity contribution < 1.29 is 4.52 Å². The van der Waals surface area contributed by atoms with Gasteiger partial charge in [-0.15, -0.1) is 11.3 Å². The Morgan fingerprint density at radius 3 is 2.85 bits per heavy atom. The lowest BCUT2D eigenvalue weighted by atomic mass is 10.2. The van der Waals surface area contributed by atoms with E-state index in [4.69, 9.17) is 9.51 Å². The summed E-state index contributed by atoms with van der Waals surface area (Å²) in [6.07, 6.45) is 2.04. The molecule has 27 heavy (non-hydrogen) atoms. The summed E-state index contributed by atoms with van der Waals surface area (Å²) in [6.45, 7) is 2.00. The molecule has 1 aliphatic rings. The Bertz CT molecular complexity index is 1160. The number of para-hydroxylation sites is 1. The van der Waals surface area contributed by atoms with Gasteiger partial charge in [-0.1, -0.05) is 35.1 Å². The second-order valence-electron chi connectivity index (χ2n) is 6.51. The summed E-state index contributed by atoms with van der Waals surface area (Å²) in [5.41, 5.74) is 0.751. The normalized spacial score (nSPS) is 15.3. The first-order chi connectivity index (χ1) is 13.2. The van der Waals surface area contributed by atoms with E-state index < -0.39 is 0 Å². The van der Waals surface area contributed by atoms with Crippen LogP contribution in [-0.4, -0.2) is 19.7 Å². The van der Waals surface area contributed by atoms with Gasteiger partial charge < -0.3 is 4.52 Å². The molecular formula is C19H16N4O2S2. The largest absolute Gasteiger partial charge is 0.338 e. The lowest BCUT2D eigenvalue weighted by Gasteiger charge is -2.14. The van der Waals surface area contributed by atoms with Crippen molar-refractivity contribution in [2.24, 2.45) is 0 Å². The van der Waals surface area contributed by atoms with Gasteiger partial charge in [-0.3, -0.25) is 9.36 Å². The van der Waals surface area contributed by atoms with E-state index in [9.17, 15) is 4.79 Å². The number of nitrogens with zero attached hydrogens (tertiary/aromatic N) is 4. The SMILES string of the molecule is CC(Sc1nc2ccccc2c(=O)n1C1CC1)c1nc(-c2cccs2)no1. The maximum Gasteiger partial charge on any atom is 0.262 e. The summed E-state index contributed by atoms with van der Waals surface area (Å²) in [7, 11) is 0. The van der Waals surface area contributed by atoms with E-state index in [0.29, 0.717) is 22.3 Å². The highest BCUT2D eigenvalue weighted by Crippen LogP contribution is 2.40. The first-order valence-electron chi connectivity index (χ1n) is 8.76. The van der Waals surface area contributed by atoms with Crippen LogP contribution >= 0.6 is 23.1 Å². The Hall–Kier alpha value is -2.45. The van der Waals surface area contributed by atoms with Gasteiger partial charge in [-0.05, 0) is 43.3 Å². The molecule has 0 N–H and O–H groups in total. The van der Waals surface area contributed by atoms with Crippen LogP contribution in [0, 0.1) is 0 Å². The molecule has 1 saturated carbocycles. The van der Waals surface area contributed by atoms with Gasteiger partial charge in [0.25, 0.3) is 5.56 Å². The molecule has 1 unspecified atom stereocenters. The van der Waals surface area contributed by atoms with Crippen molar-refractivity contribution >= 4 is 34.0 Å². The number of rotatable bonds is 5.